The zero-order valence-electron chi connectivity index (χ0n) is 17.2. The van der Waals surface area contributed by atoms with Crippen LogP contribution in [-0.2, 0) is 24.3 Å². The van der Waals surface area contributed by atoms with Gasteiger partial charge in [-0.25, -0.2) is 13.2 Å². The van der Waals surface area contributed by atoms with Gasteiger partial charge in [-0.15, -0.1) is 0 Å². The Bertz CT molecular complexity index is 1000. The van der Waals surface area contributed by atoms with Gasteiger partial charge >= 0.3 is 5.97 Å². The molecule has 0 saturated carbocycles. The van der Waals surface area contributed by atoms with E-state index in [0.717, 1.165) is 0 Å². The van der Waals surface area contributed by atoms with E-state index in [1.165, 1.54) is 29.6 Å². The van der Waals surface area contributed by atoms with Crippen molar-refractivity contribution in [1.29, 1.82) is 0 Å². The Morgan fingerprint density at radius 2 is 1.84 bits per heavy atom. The lowest BCUT2D eigenvalue weighted by Gasteiger charge is -2.26. The van der Waals surface area contributed by atoms with E-state index in [1.807, 2.05) is 30.3 Å². The van der Waals surface area contributed by atoms with Crippen molar-refractivity contribution >= 4 is 22.1 Å². The number of carbonyl (C=O) groups excluding carboxylic acids is 1. The van der Waals surface area contributed by atoms with Gasteiger partial charge in [0.2, 0.25) is 10.0 Å². The van der Waals surface area contributed by atoms with E-state index < -0.39 is 16.0 Å². The van der Waals surface area contributed by atoms with Gasteiger partial charge in [0.25, 0.3) is 0 Å². The zero-order valence-corrected chi connectivity index (χ0v) is 18.0. The van der Waals surface area contributed by atoms with Crippen LogP contribution in [-0.4, -0.2) is 65.3 Å². The molecule has 0 bridgehead atoms. The number of nitrogens with zero attached hydrogens (tertiary/aromatic N) is 1. The second-order valence-electron chi connectivity index (χ2n) is 6.59. The molecule has 8 nitrogen and oxygen atoms in total. The predicted octanol–water partition coefficient (Wildman–Crippen LogP) is 2.35. The Kier molecular flexibility index (Phi) is 8.05. The van der Waals surface area contributed by atoms with Crippen LogP contribution in [0.4, 0.5) is 0 Å². The molecular weight excluding hydrogens is 422 g/mol. The average molecular weight is 448 g/mol. The monoisotopic (exact) mass is 447 g/mol. The second kappa shape index (κ2) is 10.9. The van der Waals surface area contributed by atoms with Crippen molar-refractivity contribution in [1.82, 2.24) is 4.31 Å². The van der Waals surface area contributed by atoms with Crippen molar-refractivity contribution in [3.63, 3.8) is 0 Å². The van der Waals surface area contributed by atoms with Gasteiger partial charge in [0.15, 0.2) is 0 Å². The number of morpholine rings is 1. The van der Waals surface area contributed by atoms with Gasteiger partial charge in [-0.2, -0.15) is 4.31 Å². The number of carbonyl (C=O) groups is 1. The lowest BCUT2D eigenvalue weighted by atomic mass is 10.2. The maximum Gasteiger partial charge on any atom is 0.330 e. The third-order valence-corrected chi connectivity index (χ3v) is 6.45. The highest BCUT2D eigenvalue weighted by Gasteiger charge is 2.29. The van der Waals surface area contributed by atoms with E-state index in [-0.39, 0.29) is 36.9 Å². The minimum absolute atomic E-state index is 0.0451. The molecule has 166 valence electrons. The first kappa shape index (κ1) is 22.8. The first-order valence-corrected chi connectivity index (χ1v) is 11.2. The molecule has 31 heavy (non-hydrogen) atoms. The summed E-state index contributed by atoms with van der Waals surface area (Å²) in [6.07, 6.45) is 2.74. The smallest absolute Gasteiger partial charge is 0.330 e. The maximum absolute atomic E-state index is 13.0. The molecule has 9 heteroatoms. The van der Waals surface area contributed by atoms with E-state index in [0.29, 0.717) is 24.5 Å². The van der Waals surface area contributed by atoms with Crippen molar-refractivity contribution in [3.8, 4) is 11.5 Å². The first-order valence-electron chi connectivity index (χ1n) is 9.79. The summed E-state index contributed by atoms with van der Waals surface area (Å²) in [5, 5.41) is 0. The fraction of sp³-hybridized carbons (Fsp3) is 0.318. The van der Waals surface area contributed by atoms with Gasteiger partial charge < -0.3 is 18.9 Å². The molecule has 0 amide bonds. The van der Waals surface area contributed by atoms with Crippen LogP contribution in [0.3, 0.4) is 0 Å². The number of rotatable bonds is 9. The van der Waals surface area contributed by atoms with E-state index in [4.69, 9.17) is 18.9 Å². The number of sulfonamides is 1. The van der Waals surface area contributed by atoms with Crippen molar-refractivity contribution in [2.24, 2.45) is 0 Å². The van der Waals surface area contributed by atoms with Crippen LogP contribution >= 0.6 is 0 Å². The molecule has 0 atom stereocenters. The molecule has 1 fully saturated rings. The Morgan fingerprint density at radius 3 is 2.55 bits per heavy atom. The minimum Gasteiger partial charge on any atom is -0.495 e. The SMILES string of the molecule is COc1ccc(C=CC(=O)OCCOc2ccccc2)cc1S(=O)(=O)N1CCOCC1. The fourth-order valence-electron chi connectivity index (χ4n) is 2.96. The predicted molar refractivity (Wildman–Crippen MR) is 115 cm³/mol. The van der Waals surface area contributed by atoms with Crippen molar-refractivity contribution in [2.75, 3.05) is 46.6 Å². The fourth-order valence-corrected chi connectivity index (χ4v) is 4.55. The van der Waals surface area contributed by atoms with Gasteiger partial charge in [0.05, 0.1) is 20.3 Å². The van der Waals surface area contributed by atoms with Crippen LogP contribution in [0.1, 0.15) is 5.56 Å². The highest BCUT2D eigenvalue weighted by Crippen LogP contribution is 2.28. The quantitative estimate of drug-likeness (QED) is 0.331. The molecule has 1 aliphatic heterocycles. The Morgan fingerprint density at radius 1 is 1.10 bits per heavy atom. The zero-order chi connectivity index (χ0) is 22.1. The summed E-state index contributed by atoms with van der Waals surface area (Å²) in [6.45, 7) is 1.58. The van der Waals surface area contributed by atoms with Crippen molar-refractivity contribution in [2.45, 2.75) is 4.90 Å². The maximum atomic E-state index is 13.0. The summed E-state index contributed by atoms with van der Waals surface area (Å²) >= 11 is 0. The van der Waals surface area contributed by atoms with E-state index in [2.05, 4.69) is 0 Å². The van der Waals surface area contributed by atoms with Gasteiger partial charge in [0, 0.05) is 19.2 Å². The van der Waals surface area contributed by atoms with Crippen LogP contribution in [0, 0.1) is 0 Å². The van der Waals surface area contributed by atoms with Gasteiger partial charge in [0.1, 0.15) is 29.6 Å². The van der Waals surface area contributed by atoms with Crippen molar-refractivity contribution < 1.29 is 32.2 Å². The summed E-state index contributed by atoms with van der Waals surface area (Å²) in [5.41, 5.74) is 0.533. The average Bonchev–Trinajstić information content (AvgIpc) is 2.81. The number of benzene rings is 2. The molecule has 0 aliphatic carbocycles. The van der Waals surface area contributed by atoms with Crippen molar-refractivity contribution in [3.05, 3.63) is 60.2 Å². The van der Waals surface area contributed by atoms with Gasteiger partial charge in [-0.1, -0.05) is 24.3 Å². The highest BCUT2D eigenvalue weighted by molar-refractivity contribution is 7.89. The molecule has 2 aromatic rings. The van der Waals surface area contributed by atoms with E-state index >= 15 is 0 Å². The normalized spacial score (nSPS) is 15.0. The van der Waals surface area contributed by atoms with Crippen LogP contribution in [0.2, 0.25) is 0 Å². The second-order valence-corrected chi connectivity index (χ2v) is 8.50. The lowest BCUT2D eigenvalue weighted by Crippen LogP contribution is -2.40. The molecule has 1 saturated heterocycles. The molecule has 1 aliphatic rings. The molecule has 0 radical (unpaired) electrons. The largest absolute Gasteiger partial charge is 0.495 e. The third kappa shape index (κ3) is 6.30. The minimum atomic E-state index is -3.75. The van der Waals surface area contributed by atoms with Crippen LogP contribution in [0.25, 0.3) is 6.08 Å². The molecular formula is C22H25NO7S. The summed E-state index contributed by atoms with van der Waals surface area (Å²) < 4.78 is 48.4. The molecule has 0 aromatic heterocycles. The van der Waals surface area contributed by atoms with Gasteiger partial charge in [-0.05, 0) is 35.9 Å². The summed E-state index contributed by atoms with van der Waals surface area (Å²) in [6, 6.07) is 13.9. The number of esters is 1. The Hall–Kier alpha value is -2.88. The van der Waals surface area contributed by atoms with E-state index in [9.17, 15) is 13.2 Å². The summed E-state index contributed by atoms with van der Waals surface area (Å²) in [7, 11) is -2.33. The summed E-state index contributed by atoms with van der Waals surface area (Å²) in [4.78, 5) is 12.0. The van der Waals surface area contributed by atoms with Crippen LogP contribution in [0.5, 0.6) is 11.5 Å². The molecule has 2 aromatic carbocycles. The molecule has 0 spiro atoms. The number of ether oxygens (including phenoxy) is 4. The standard InChI is InChI=1S/C22H25NO7S/c1-27-20-9-7-18(17-21(20)31(25,26)23-11-13-28-14-12-23)8-10-22(24)30-16-15-29-19-5-3-2-4-6-19/h2-10,17H,11-16H2,1H3. The number of hydrogen-bond acceptors (Lipinski definition) is 7. The third-order valence-electron chi connectivity index (χ3n) is 4.53. The summed E-state index contributed by atoms with van der Waals surface area (Å²) in [5.74, 6) is 0.385. The number of para-hydroxylation sites is 1. The van der Waals surface area contributed by atoms with Crippen LogP contribution in [0.15, 0.2) is 59.5 Å². The molecule has 1 heterocycles. The van der Waals surface area contributed by atoms with Crippen LogP contribution < -0.4 is 9.47 Å². The molecule has 0 N–H and O–H groups in total. The first-order chi connectivity index (χ1) is 15.0. The highest BCUT2D eigenvalue weighted by atomic mass is 32.2. The Labute approximate surface area is 182 Å². The molecule has 3 rings (SSSR count). The number of hydrogen-bond donors (Lipinski definition) is 0. The topological polar surface area (TPSA) is 91.4 Å². The molecule has 0 unspecified atom stereocenters. The van der Waals surface area contributed by atoms with E-state index in [1.54, 1.807) is 12.1 Å². The Balaban J connectivity index is 1.61. The number of methoxy groups -OCH3 is 1. The lowest BCUT2D eigenvalue weighted by molar-refractivity contribution is -0.138. The van der Waals surface area contributed by atoms with Gasteiger partial charge in [-0.3, -0.25) is 0 Å².